The number of aliphatic hydroxyl groups is 1. The van der Waals surface area contributed by atoms with Gasteiger partial charge in [-0.05, 0) is 19.3 Å². The van der Waals surface area contributed by atoms with Gasteiger partial charge in [0.05, 0.1) is 6.04 Å². The van der Waals surface area contributed by atoms with Crippen LogP contribution in [0.1, 0.15) is 51.1 Å². The van der Waals surface area contributed by atoms with E-state index >= 15 is 0 Å². The molecule has 98 valence electrons. The van der Waals surface area contributed by atoms with E-state index in [1.807, 2.05) is 20.8 Å². The Morgan fingerprint density at radius 2 is 2.18 bits per heavy atom. The quantitative estimate of drug-likeness (QED) is 0.747. The summed E-state index contributed by atoms with van der Waals surface area (Å²) in [6.45, 7) is 6.58. The maximum atomic E-state index is 8.79. The molecule has 0 aliphatic rings. The van der Waals surface area contributed by atoms with Crippen molar-refractivity contribution in [3.63, 3.8) is 0 Å². The molecule has 0 saturated heterocycles. The van der Waals surface area contributed by atoms with Gasteiger partial charge in [0.25, 0.3) is 0 Å². The molecular formula is C11H21N3O3. The van der Waals surface area contributed by atoms with Crippen molar-refractivity contribution in [2.45, 2.75) is 39.3 Å². The van der Waals surface area contributed by atoms with Crippen molar-refractivity contribution in [1.82, 2.24) is 10.1 Å². The minimum Gasteiger partial charge on any atom is -0.396 e. The van der Waals surface area contributed by atoms with Crippen LogP contribution in [-0.4, -0.2) is 28.5 Å². The number of aliphatic hydroxyl groups excluding tert-OH is 1. The number of aromatic nitrogens is 2. The Morgan fingerprint density at radius 1 is 1.47 bits per heavy atom. The maximum absolute atomic E-state index is 8.79. The lowest BCUT2D eigenvalue weighted by atomic mass is 10.1. The standard InChI is InChI=1S/C11H21N3O3/c1-4-16-9(7(2)3)10-13-11(17-14-10)8(12)5-6-15/h7-9,15H,4-6,12H2,1-3H3. The second kappa shape index (κ2) is 6.68. The Labute approximate surface area is 101 Å². The molecular weight excluding hydrogens is 222 g/mol. The summed E-state index contributed by atoms with van der Waals surface area (Å²) in [5.41, 5.74) is 5.77. The Morgan fingerprint density at radius 3 is 2.71 bits per heavy atom. The number of ether oxygens (including phenoxy) is 1. The molecule has 0 fully saturated rings. The fourth-order valence-corrected chi connectivity index (χ4v) is 1.52. The number of hydrogen-bond donors (Lipinski definition) is 2. The SMILES string of the molecule is CCOC(c1noc(C(N)CCO)n1)C(C)C. The van der Waals surface area contributed by atoms with E-state index in [0.29, 0.717) is 24.7 Å². The van der Waals surface area contributed by atoms with Gasteiger partial charge in [-0.15, -0.1) is 0 Å². The summed E-state index contributed by atoms with van der Waals surface area (Å²) < 4.78 is 10.6. The lowest BCUT2D eigenvalue weighted by molar-refractivity contribution is 0.0217. The highest BCUT2D eigenvalue weighted by atomic mass is 16.5. The number of rotatable bonds is 7. The number of hydrogen-bond acceptors (Lipinski definition) is 6. The van der Waals surface area contributed by atoms with Crippen molar-refractivity contribution in [3.8, 4) is 0 Å². The van der Waals surface area contributed by atoms with E-state index in [-0.39, 0.29) is 18.6 Å². The maximum Gasteiger partial charge on any atom is 0.243 e. The Bertz CT molecular complexity index is 328. The zero-order valence-electron chi connectivity index (χ0n) is 10.6. The zero-order chi connectivity index (χ0) is 12.8. The molecule has 0 bridgehead atoms. The fourth-order valence-electron chi connectivity index (χ4n) is 1.52. The third-order valence-electron chi connectivity index (χ3n) is 2.42. The molecule has 17 heavy (non-hydrogen) atoms. The topological polar surface area (TPSA) is 94.4 Å². The van der Waals surface area contributed by atoms with E-state index in [2.05, 4.69) is 10.1 Å². The molecule has 1 rings (SSSR count). The van der Waals surface area contributed by atoms with E-state index in [1.165, 1.54) is 0 Å². The lowest BCUT2D eigenvalue weighted by Crippen LogP contribution is -2.15. The van der Waals surface area contributed by atoms with E-state index in [9.17, 15) is 0 Å². The van der Waals surface area contributed by atoms with Crippen molar-refractivity contribution in [1.29, 1.82) is 0 Å². The van der Waals surface area contributed by atoms with Crippen LogP contribution in [0.3, 0.4) is 0 Å². The van der Waals surface area contributed by atoms with Gasteiger partial charge in [0.2, 0.25) is 11.7 Å². The van der Waals surface area contributed by atoms with Crippen molar-refractivity contribution in [2.75, 3.05) is 13.2 Å². The first kappa shape index (κ1) is 14.1. The third kappa shape index (κ3) is 3.76. The second-order valence-corrected chi connectivity index (χ2v) is 4.23. The summed E-state index contributed by atoms with van der Waals surface area (Å²) in [5.74, 6) is 1.12. The minimum absolute atomic E-state index is 0.00203. The van der Waals surface area contributed by atoms with Crippen LogP contribution in [0.15, 0.2) is 4.52 Å². The average Bonchev–Trinajstić information content (AvgIpc) is 2.74. The summed E-state index contributed by atoms with van der Waals surface area (Å²) in [7, 11) is 0. The highest BCUT2D eigenvalue weighted by molar-refractivity contribution is 4.96. The molecule has 6 heteroatoms. The van der Waals surface area contributed by atoms with Gasteiger partial charge in [0.15, 0.2) is 0 Å². The van der Waals surface area contributed by atoms with Crippen LogP contribution in [0.5, 0.6) is 0 Å². The van der Waals surface area contributed by atoms with Gasteiger partial charge in [0.1, 0.15) is 6.10 Å². The monoisotopic (exact) mass is 243 g/mol. The molecule has 1 aromatic rings. The highest BCUT2D eigenvalue weighted by Gasteiger charge is 2.23. The van der Waals surface area contributed by atoms with Crippen molar-refractivity contribution in [2.24, 2.45) is 11.7 Å². The van der Waals surface area contributed by atoms with Crippen molar-refractivity contribution >= 4 is 0 Å². The molecule has 0 radical (unpaired) electrons. The van der Waals surface area contributed by atoms with Crippen LogP contribution in [0.2, 0.25) is 0 Å². The predicted octanol–water partition coefficient (Wildman–Crippen LogP) is 1.19. The van der Waals surface area contributed by atoms with Crippen LogP contribution >= 0.6 is 0 Å². The van der Waals surface area contributed by atoms with Crippen molar-refractivity contribution in [3.05, 3.63) is 11.7 Å². The molecule has 6 nitrogen and oxygen atoms in total. The van der Waals surface area contributed by atoms with Crippen LogP contribution in [0, 0.1) is 5.92 Å². The van der Waals surface area contributed by atoms with Gasteiger partial charge in [0, 0.05) is 13.2 Å². The summed E-state index contributed by atoms with van der Waals surface area (Å²) in [6, 6.07) is -0.421. The molecule has 3 N–H and O–H groups in total. The summed E-state index contributed by atoms with van der Waals surface area (Å²) >= 11 is 0. The smallest absolute Gasteiger partial charge is 0.243 e. The molecule has 0 spiro atoms. The normalized spacial score (nSPS) is 15.2. The van der Waals surface area contributed by atoms with E-state index < -0.39 is 6.04 Å². The summed E-state index contributed by atoms with van der Waals surface area (Å²) in [6.07, 6.45) is 0.224. The highest BCUT2D eigenvalue weighted by Crippen LogP contribution is 2.24. The van der Waals surface area contributed by atoms with Crippen molar-refractivity contribution < 1.29 is 14.4 Å². The molecule has 1 heterocycles. The molecule has 0 aliphatic heterocycles. The summed E-state index contributed by atoms with van der Waals surface area (Å²) in [4.78, 5) is 4.23. The largest absolute Gasteiger partial charge is 0.396 e. The third-order valence-corrected chi connectivity index (χ3v) is 2.42. The Hall–Kier alpha value is -0.980. The fraction of sp³-hybridized carbons (Fsp3) is 0.818. The van der Waals surface area contributed by atoms with Gasteiger partial charge >= 0.3 is 0 Å². The molecule has 0 aromatic carbocycles. The number of nitrogens with two attached hydrogens (primary N) is 1. The first-order valence-corrected chi connectivity index (χ1v) is 5.91. The van der Waals surface area contributed by atoms with Gasteiger partial charge in [-0.1, -0.05) is 19.0 Å². The zero-order valence-corrected chi connectivity index (χ0v) is 10.6. The molecule has 2 atom stereocenters. The van der Waals surface area contributed by atoms with Crippen LogP contribution < -0.4 is 5.73 Å². The van der Waals surface area contributed by atoms with Crippen LogP contribution in [0.25, 0.3) is 0 Å². The van der Waals surface area contributed by atoms with Crippen LogP contribution in [-0.2, 0) is 4.74 Å². The molecule has 2 unspecified atom stereocenters. The molecule has 1 aromatic heterocycles. The van der Waals surface area contributed by atoms with Gasteiger partial charge in [-0.3, -0.25) is 0 Å². The first-order valence-electron chi connectivity index (χ1n) is 5.91. The van der Waals surface area contributed by atoms with Gasteiger partial charge in [-0.25, -0.2) is 0 Å². The Balaban J connectivity index is 2.77. The number of nitrogens with zero attached hydrogens (tertiary/aromatic N) is 2. The first-order chi connectivity index (χ1) is 8.10. The second-order valence-electron chi connectivity index (χ2n) is 4.23. The molecule has 0 saturated carbocycles. The average molecular weight is 243 g/mol. The minimum atomic E-state index is -0.421. The van der Waals surface area contributed by atoms with Gasteiger partial charge < -0.3 is 20.1 Å². The van der Waals surface area contributed by atoms with Gasteiger partial charge in [-0.2, -0.15) is 4.98 Å². The lowest BCUT2D eigenvalue weighted by Gasteiger charge is -2.16. The molecule has 0 aliphatic carbocycles. The summed E-state index contributed by atoms with van der Waals surface area (Å²) in [5, 5.41) is 12.7. The van der Waals surface area contributed by atoms with E-state index in [1.54, 1.807) is 0 Å². The van der Waals surface area contributed by atoms with Crippen LogP contribution in [0.4, 0.5) is 0 Å². The van der Waals surface area contributed by atoms with E-state index in [4.69, 9.17) is 20.1 Å². The Kier molecular flexibility index (Phi) is 5.54. The molecule has 0 amide bonds. The van der Waals surface area contributed by atoms with E-state index in [0.717, 1.165) is 0 Å². The predicted molar refractivity (Wildman–Crippen MR) is 62.1 cm³/mol.